The molecule has 3 N–H and O–H groups in total. The van der Waals surface area contributed by atoms with E-state index in [1.165, 1.54) is 24.5 Å². The average molecular weight is 496 g/mol. The summed E-state index contributed by atoms with van der Waals surface area (Å²) in [6.45, 7) is 0. The van der Waals surface area contributed by atoms with Gasteiger partial charge in [-0.15, -0.1) is 0 Å². The molecular formula is C23H15F3N6O2S. The Kier molecular flexibility index (Phi) is 7.00. The zero-order valence-corrected chi connectivity index (χ0v) is 18.5. The number of rotatable bonds is 7. The number of nitrogens with one attached hydrogen (secondary N) is 1. The number of nitriles is 1. The number of nitrogens with two attached hydrogens (primary N) is 1. The first-order chi connectivity index (χ1) is 16.9. The van der Waals surface area contributed by atoms with Crippen LogP contribution >= 0.6 is 0 Å². The van der Waals surface area contributed by atoms with Crippen LogP contribution in [0.3, 0.4) is 0 Å². The second-order valence-electron chi connectivity index (χ2n) is 6.98. The maximum Gasteiger partial charge on any atom is 0.228 e. The third kappa shape index (κ3) is 5.26. The number of ether oxygens (including phenoxy) is 1. The summed E-state index contributed by atoms with van der Waals surface area (Å²) in [5.74, 6) is -5.63. The van der Waals surface area contributed by atoms with Crippen LogP contribution in [0.15, 0.2) is 60.9 Å². The Bertz CT molecular complexity index is 1430. The molecule has 4 rings (SSSR count). The summed E-state index contributed by atoms with van der Waals surface area (Å²) in [6.07, 6.45) is 2.73. The van der Waals surface area contributed by atoms with Crippen molar-refractivity contribution in [2.75, 3.05) is 10.5 Å². The molecule has 1 unspecified atom stereocenters. The van der Waals surface area contributed by atoms with Crippen molar-refractivity contribution in [3.8, 4) is 29.0 Å². The number of aromatic nitrogens is 3. The Morgan fingerprint density at radius 1 is 1.06 bits per heavy atom. The predicted octanol–water partition coefficient (Wildman–Crippen LogP) is 4.48. The molecule has 0 aliphatic rings. The minimum atomic E-state index is -2.07. The van der Waals surface area contributed by atoms with Crippen LogP contribution in [-0.2, 0) is 17.1 Å². The van der Waals surface area contributed by atoms with Crippen molar-refractivity contribution < 1.29 is 22.5 Å². The molecule has 35 heavy (non-hydrogen) atoms. The fourth-order valence-electron chi connectivity index (χ4n) is 3.08. The number of hydrogen-bond acceptors (Lipinski definition) is 8. The molecule has 0 radical (unpaired) electrons. The summed E-state index contributed by atoms with van der Waals surface area (Å²) in [6, 6.07) is 13.5. The number of nitrogens with zero attached hydrogens (tertiary/aromatic N) is 4. The third-order valence-electron chi connectivity index (χ3n) is 4.69. The van der Waals surface area contributed by atoms with E-state index in [-0.39, 0.29) is 28.7 Å². The summed E-state index contributed by atoms with van der Waals surface area (Å²) in [4.78, 5) is 11.8. The highest BCUT2D eigenvalue weighted by molar-refractivity contribution is 7.91. The lowest BCUT2D eigenvalue weighted by Crippen LogP contribution is -2.18. The Balaban J connectivity index is 1.60. The molecule has 0 bridgehead atoms. The first kappa shape index (κ1) is 23.8. The van der Waals surface area contributed by atoms with E-state index in [1.807, 2.05) is 6.07 Å². The number of pyridine rings is 1. The molecule has 2 heterocycles. The van der Waals surface area contributed by atoms with Crippen molar-refractivity contribution in [1.29, 1.82) is 5.26 Å². The van der Waals surface area contributed by atoms with Gasteiger partial charge >= 0.3 is 0 Å². The van der Waals surface area contributed by atoms with E-state index in [0.717, 1.165) is 0 Å². The van der Waals surface area contributed by atoms with Gasteiger partial charge in [-0.25, -0.2) is 28.5 Å². The molecule has 0 aliphatic heterocycles. The van der Waals surface area contributed by atoms with Gasteiger partial charge in [0.2, 0.25) is 17.6 Å². The molecule has 2 aromatic heterocycles. The zero-order valence-electron chi connectivity index (χ0n) is 17.7. The highest BCUT2D eigenvalue weighted by Gasteiger charge is 2.25. The SMILES string of the molecule is N#Cc1ccccc1C[S+]([O-])Nc1c(F)cc(Oc2ncccc2-c2ccnc(N)n2)c(F)c1F. The molecule has 4 aromatic rings. The Morgan fingerprint density at radius 2 is 1.86 bits per heavy atom. The van der Waals surface area contributed by atoms with E-state index < -0.39 is 40.3 Å². The Morgan fingerprint density at radius 3 is 2.63 bits per heavy atom. The highest BCUT2D eigenvalue weighted by atomic mass is 32.2. The molecule has 0 aliphatic carbocycles. The first-order valence-electron chi connectivity index (χ1n) is 9.89. The molecule has 1 atom stereocenters. The highest BCUT2D eigenvalue weighted by Crippen LogP contribution is 2.35. The summed E-state index contributed by atoms with van der Waals surface area (Å²) < 4.78 is 64.2. The van der Waals surface area contributed by atoms with Gasteiger partial charge in [0.25, 0.3) is 0 Å². The molecule has 8 nitrogen and oxygen atoms in total. The molecule has 0 saturated heterocycles. The monoisotopic (exact) mass is 496 g/mol. The maximum atomic E-state index is 14.8. The van der Waals surface area contributed by atoms with Gasteiger partial charge in [0, 0.05) is 24.0 Å². The van der Waals surface area contributed by atoms with Gasteiger partial charge in [-0.1, -0.05) is 18.2 Å². The fourth-order valence-corrected chi connectivity index (χ4v) is 4.10. The van der Waals surface area contributed by atoms with Gasteiger partial charge in [0.05, 0.1) is 34.3 Å². The van der Waals surface area contributed by atoms with Crippen molar-refractivity contribution in [2.45, 2.75) is 5.75 Å². The van der Waals surface area contributed by atoms with Crippen molar-refractivity contribution in [3.05, 3.63) is 89.5 Å². The van der Waals surface area contributed by atoms with Crippen LogP contribution < -0.4 is 15.2 Å². The number of halogens is 3. The van der Waals surface area contributed by atoms with Crippen LogP contribution in [0.5, 0.6) is 11.6 Å². The molecule has 12 heteroatoms. The van der Waals surface area contributed by atoms with Crippen LogP contribution in [0, 0.1) is 28.8 Å². The maximum absolute atomic E-state index is 14.8. The van der Waals surface area contributed by atoms with Crippen molar-refractivity contribution in [3.63, 3.8) is 0 Å². The van der Waals surface area contributed by atoms with Crippen molar-refractivity contribution in [1.82, 2.24) is 15.0 Å². The molecular weight excluding hydrogens is 481 g/mol. The van der Waals surface area contributed by atoms with Gasteiger partial charge < -0.3 is 15.0 Å². The van der Waals surface area contributed by atoms with Crippen molar-refractivity contribution >= 4 is 23.0 Å². The molecule has 0 amide bonds. The number of hydrogen-bond donors (Lipinski definition) is 2. The third-order valence-corrected chi connectivity index (χ3v) is 5.70. The van der Waals surface area contributed by atoms with E-state index in [1.54, 1.807) is 30.3 Å². The quantitative estimate of drug-likeness (QED) is 0.283. The predicted molar refractivity (Wildman–Crippen MR) is 123 cm³/mol. The smallest absolute Gasteiger partial charge is 0.228 e. The van der Waals surface area contributed by atoms with Gasteiger partial charge in [0.15, 0.2) is 28.8 Å². The van der Waals surface area contributed by atoms with Gasteiger partial charge in [-0.05, 0) is 24.3 Å². The standard InChI is InChI=1S/C23H15F3N6O2S/c24-16-10-18(34-22-15(6-3-8-29-22)17-7-9-30-23(28)31-17)19(25)20(26)21(16)32-35(33)12-14-5-2-1-4-13(14)11-27/h1-10,32H,12H2,(H2,28,30,31). The number of anilines is 2. The van der Waals surface area contributed by atoms with Gasteiger partial charge in [-0.3, -0.25) is 0 Å². The Hall–Kier alpha value is -4.34. The first-order valence-corrected chi connectivity index (χ1v) is 11.2. The topological polar surface area (TPSA) is 133 Å². The van der Waals surface area contributed by atoms with Crippen LogP contribution in [0.1, 0.15) is 11.1 Å². The summed E-state index contributed by atoms with van der Waals surface area (Å²) in [5, 5.41) is 9.13. The van der Waals surface area contributed by atoms with E-state index >= 15 is 0 Å². The van der Waals surface area contributed by atoms with E-state index in [2.05, 4.69) is 19.7 Å². The molecule has 2 aromatic carbocycles. The van der Waals surface area contributed by atoms with Gasteiger partial charge in [-0.2, -0.15) is 9.65 Å². The summed E-state index contributed by atoms with van der Waals surface area (Å²) >= 11 is -2.07. The molecule has 0 saturated carbocycles. The van der Waals surface area contributed by atoms with E-state index in [9.17, 15) is 17.7 Å². The van der Waals surface area contributed by atoms with Gasteiger partial charge in [0.1, 0.15) is 0 Å². The summed E-state index contributed by atoms with van der Waals surface area (Å²) in [5.41, 5.74) is 5.89. The lowest BCUT2D eigenvalue weighted by atomic mass is 10.1. The minimum Gasteiger partial charge on any atom is -0.593 e. The molecule has 0 spiro atoms. The second-order valence-corrected chi connectivity index (χ2v) is 8.16. The largest absolute Gasteiger partial charge is 0.593 e. The summed E-state index contributed by atoms with van der Waals surface area (Å²) in [7, 11) is 0. The van der Waals surface area contributed by atoms with E-state index in [4.69, 9.17) is 15.7 Å². The second kappa shape index (κ2) is 10.3. The fraction of sp³-hybridized carbons (Fsp3) is 0.0435. The van der Waals surface area contributed by atoms with Crippen LogP contribution in [0.25, 0.3) is 11.3 Å². The van der Waals surface area contributed by atoms with E-state index in [0.29, 0.717) is 17.3 Å². The number of nitrogen functional groups attached to an aromatic ring is 1. The Labute approximate surface area is 200 Å². The zero-order chi connectivity index (χ0) is 24.9. The average Bonchev–Trinajstić information content (AvgIpc) is 2.85. The normalized spacial score (nSPS) is 11.5. The molecule has 176 valence electrons. The molecule has 0 fully saturated rings. The lowest BCUT2D eigenvalue weighted by Gasteiger charge is -2.16. The van der Waals surface area contributed by atoms with Crippen LogP contribution in [0.2, 0.25) is 0 Å². The van der Waals surface area contributed by atoms with Crippen molar-refractivity contribution in [2.24, 2.45) is 0 Å². The lowest BCUT2D eigenvalue weighted by molar-refractivity contribution is 0.401. The van der Waals surface area contributed by atoms with Crippen LogP contribution in [0.4, 0.5) is 24.8 Å². The number of benzene rings is 2. The minimum absolute atomic E-state index is 0.0265. The van der Waals surface area contributed by atoms with Crippen LogP contribution in [-0.4, -0.2) is 19.5 Å².